The summed E-state index contributed by atoms with van der Waals surface area (Å²) >= 11 is 14.6. The Morgan fingerprint density at radius 3 is 1.34 bits per heavy atom. The quantitative estimate of drug-likeness (QED) is 0.122. The molecule has 0 saturated heterocycles. The second kappa shape index (κ2) is 16.7. The lowest BCUT2D eigenvalue weighted by Gasteiger charge is -2.12. The fourth-order valence-electron chi connectivity index (χ4n) is 4.49. The van der Waals surface area contributed by atoms with Gasteiger partial charge in [0.25, 0.3) is 0 Å². The first-order valence-electron chi connectivity index (χ1n) is 14.4. The average molecular weight is 615 g/mol. The molecule has 0 spiro atoms. The van der Waals surface area contributed by atoms with Crippen molar-refractivity contribution in [3.8, 4) is 0 Å². The summed E-state index contributed by atoms with van der Waals surface area (Å²) in [6.07, 6.45) is 7.82. The van der Waals surface area contributed by atoms with Crippen molar-refractivity contribution in [2.24, 2.45) is 0 Å². The van der Waals surface area contributed by atoms with Crippen LogP contribution in [0.3, 0.4) is 0 Å². The zero-order chi connectivity index (χ0) is 28.9. The molecule has 212 valence electrons. The Morgan fingerprint density at radius 2 is 0.951 bits per heavy atom. The van der Waals surface area contributed by atoms with Crippen molar-refractivity contribution < 1.29 is 0 Å². The van der Waals surface area contributed by atoms with E-state index in [4.69, 9.17) is 24.4 Å². The van der Waals surface area contributed by atoms with E-state index in [9.17, 15) is 0 Å². The SMILES string of the molecule is CCCCc1ccccc1SC(=S)Nc1ccc(Cc2ccc(NC(=S)Sc3ccccc3CCCC)cc2)cc1. The summed E-state index contributed by atoms with van der Waals surface area (Å²) in [6.45, 7) is 4.45. The summed E-state index contributed by atoms with van der Waals surface area (Å²) < 4.78 is 1.54. The maximum Gasteiger partial charge on any atom is 0.143 e. The molecule has 0 aliphatic rings. The molecule has 0 unspecified atom stereocenters. The van der Waals surface area contributed by atoms with Gasteiger partial charge in [0.05, 0.1) is 0 Å². The molecular weight excluding hydrogens is 577 g/mol. The van der Waals surface area contributed by atoms with Crippen LogP contribution in [-0.2, 0) is 19.3 Å². The molecule has 0 heterocycles. The summed E-state index contributed by atoms with van der Waals surface area (Å²) in [6, 6.07) is 34.2. The Balaban J connectivity index is 1.27. The second-order valence-electron chi connectivity index (χ2n) is 10.0. The maximum absolute atomic E-state index is 5.66. The largest absolute Gasteiger partial charge is 0.341 e. The van der Waals surface area contributed by atoms with Gasteiger partial charge in [-0.3, -0.25) is 0 Å². The van der Waals surface area contributed by atoms with Crippen molar-refractivity contribution >= 4 is 68.0 Å². The van der Waals surface area contributed by atoms with Crippen LogP contribution in [0.2, 0.25) is 0 Å². The van der Waals surface area contributed by atoms with Gasteiger partial charge in [-0.2, -0.15) is 0 Å². The van der Waals surface area contributed by atoms with Crippen LogP contribution in [0.5, 0.6) is 0 Å². The van der Waals surface area contributed by atoms with Crippen molar-refractivity contribution in [3.05, 3.63) is 119 Å². The maximum atomic E-state index is 5.66. The van der Waals surface area contributed by atoms with E-state index >= 15 is 0 Å². The average Bonchev–Trinajstić information content (AvgIpc) is 2.98. The molecule has 0 bridgehead atoms. The number of unbranched alkanes of at least 4 members (excludes halogenated alkanes) is 2. The predicted molar refractivity (Wildman–Crippen MR) is 190 cm³/mol. The fraction of sp³-hybridized carbons (Fsp3) is 0.257. The summed E-state index contributed by atoms with van der Waals surface area (Å²) in [7, 11) is 0. The third kappa shape index (κ3) is 10.3. The number of thiocarbonyl (C=S) groups is 2. The molecule has 0 atom stereocenters. The summed E-state index contributed by atoms with van der Waals surface area (Å²) in [5, 5.41) is 6.79. The molecule has 0 radical (unpaired) electrons. The van der Waals surface area contributed by atoms with Crippen molar-refractivity contribution in [2.75, 3.05) is 10.6 Å². The van der Waals surface area contributed by atoms with E-state index < -0.39 is 0 Å². The monoisotopic (exact) mass is 614 g/mol. The summed E-state index contributed by atoms with van der Waals surface area (Å²) in [4.78, 5) is 2.48. The van der Waals surface area contributed by atoms with Crippen molar-refractivity contribution in [3.63, 3.8) is 0 Å². The van der Waals surface area contributed by atoms with E-state index in [1.807, 2.05) is 0 Å². The van der Waals surface area contributed by atoms with Crippen LogP contribution in [-0.4, -0.2) is 8.64 Å². The van der Waals surface area contributed by atoms with Gasteiger partial charge in [0, 0.05) is 21.2 Å². The van der Waals surface area contributed by atoms with Crippen molar-refractivity contribution in [2.45, 2.75) is 68.6 Å². The molecule has 0 aromatic heterocycles. The van der Waals surface area contributed by atoms with Gasteiger partial charge in [-0.1, -0.05) is 135 Å². The van der Waals surface area contributed by atoms with Crippen molar-refractivity contribution in [1.82, 2.24) is 0 Å². The summed E-state index contributed by atoms with van der Waals surface area (Å²) in [5.74, 6) is 0. The zero-order valence-electron chi connectivity index (χ0n) is 23.8. The van der Waals surface area contributed by atoms with E-state index in [2.05, 4.69) is 122 Å². The van der Waals surface area contributed by atoms with Gasteiger partial charge >= 0.3 is 0 Å². The second-order valence-corrected chi connectivity index (χ2v) is 13.5. The molecule has 41 heavy (non-hydrogen) atoms. The topological polar surface area (TPSA) is 24.1 Å². The summed E-state index contributed by atoms with van der Waals surface area (Å²) in [5.41, 5.74) is 7.28. The number of thioether (sulfide) groups is 2. The number of hydrogen-bond acceptors (Lipinski definition) is 4. The number of rotatable bonds is 12. The number of nitrogens with one attached hydrogen (secondary N) is 2. The molecule has 0 aliphatic heterocycles. The number of benzene rings is 4. The highest BCUT2D eigenvalue weighted by atomic mass is 32.2. The van der Waals surface area contributed by atoms with E-state index in [1.165, 1.54) is 57.7 Å². The highest BCUT2D eigenvalue weighted by Gasteiger charge is 2.08. The van der Waals surface area contributed by atoms with Crippen molar-refractivity contribution in [1.29, 1.82) is 0 Å². The van der Waals surface area contributed by atoms with E-state index in [0.717, 1.165) is 39.3 Å². The Kier molecular flexibility index (Phi) is 12.8. The fourth-order valence-corrected chi connectivity index (χ4v) is 6.90. The minimum Gasteiger partial charge on any atom is -0.341 e. The number of hydrogen-bond donors (Lipinski definition) is 2. The first-order chi connectivity index (χ1) is 20.0. The molecular formula is C35H38N2S4. The minimum absolute atomic E-state index is 0.769. The molecule has 0 amide bonds. The predicted octanol–water partition coefficient (Wildman–Crippen LogP) is 10.9. The first kappa shape index (κ1) is 31.3. The number of anilines is 2. The smallest absolute Gasteiger partial charge is 0.143 e. The van der Waals surface area contributed by atoms with Crippen LogP contribution >= 0.6 is 48.0 Å². The molecule has 6 heteroatoms. The van der Waals surface area contributed by atoms with Crippen LogP contribution in [0.15, 0.2) is 107 Å². The molecule has 0 fully saturated rings. The van der Waals surface area contributed by atoms with Crippen LogP contribution in [0.4, 0.5) is 11.4 Å². The Hall–Kier alpha value is -2.64. The van der Waals surface area contributed by atoms with Crippen LogP contribution in [0.1, 0.15) is 61.8 Å². The van der Waals surface area contributed by atoms with Gasteiger partial charge < -0.3 is 10.6 Å². The lowest BCUT2D eigenvalue weighted by atomic mass is 10.0. The van der Waals surface area contributed by atoms with Gasteiger partial charge in [-0.25, -0.2) is 0 Å². The van der Waals surface area contributed by atoms with Gasteiger partial charge in [0.1, 0.15) is 8.64 Å². The van der Waals surface area contributed by atoms with E-state index in [-0.39, 0.29) is 0 Å². The third-order valence-electron chi connectivity index (χ3n) is 6.76. The molecule has 0 aliphatic carbocycles. The molecule has 2 nitrogen and oxygen atoms in total. The first-order valence-corrected chi connectivity index (χ1v) is 16.8. The van der Waals surface area contributed by atoms with Crippen LogP contribution < -0.4 is 10.6 Å². The van der Waals surface area contributed by atoms with E-state index in [0.29, 0.717) is 0 Å². The van der Waals surface area contributed by atoms with Crippen LogP contribution in [0.25, 0.3) is 0 Å². The van der Waals surface area contributed by atoms with Crippen LogP contribution in [0, 0.1) is 0 Å². The molecule has 4 rings (SSSR count). The van der Waals surface area contributed by atoms with Gasteiger partial charge in [0.15, 0.2) is 0 Å². The minimum atomic E-state index is 0.769. The molecule has 4 aromatic carbocycles. The highest BCUT2D eigenvalue weighted by Crippen LogP contribution is 2.28. The standard InChI is InChI=1S/C35H38N2S4/c1-3-5-11-28-13-7-9-15-32(28)40-34(38)36-30-21-17-26(18-22-30)25-27-19-23-31(24-20-27)37-35(39)41-33-16-10-8-14-29(33)12-6-4-2/h7-10,13-24H,3-6,11-12,25H2,1-2H3,(H,36,38)(H,37,39). The third-order valence-corrected chi connectivity index (χ3v) is 9.27. The van der Waals surface area contributed by atoms with Gasteiger partial charge in [-0.05, 0) is 90.8 Å². The number of aryl methyl sites for hydroxylation is 2. The Morgan fingerprint density at radius 1 is 0.561 bits per heavy atom. The highest BCUT2D eigenvalue weighted by molar-refractivity contribution is 8.23. The molecule has 2 N–H and O–H groups in total. The molecule has 4 aromatic rings. The van der Waals surface area contributed by atoms with Gasteiger partial charge in [-0.15, -0.1) is 0 Å². The lowest BCUT2D eigenvalue weighted by molar-refractivity contribution is 0.785. The van der Waals surface area contributed by atoms with E-state index in [1.54, 1.807) is 23.5 Å². The Bertz CT molecular complexity index is 1310. The lowest BCUT2D eigenvalue weighted by Crippen LogP contribution is -2.05. The van der Waals surface area contributed by atoms with Gasteiger partial charge in [0.2, 0.25) is 0 Å². The zero-order valence-corrected chi connectivity index (χ0v) is 27.1. The normalized spacial score (nSPS) is 10.8. The molecule has 0 saturated carbocycles. The Labute approximate surface area is 265 Å².